The number of ether oxygens (including phenoxy) is 3. The van der Waals surface area contributed by atoms with Crippen molar-refractivity contribution in [2.24, 2.45) is 0 Å². The molecule has 1 saturated heterocycles. The average molecular weight is 466 g/mol. The predicted molar refractivity (Wildman–Crippen MR) is 117 cm³/mol. The molecule has 1 aliphatic heterocycles. The molecule has 176 valence electrons. The van der Waals surface area contributed by atoms with E-state index in [2.05, 4.69) is 16.0 Å². The van der Waals surface area contributed by atoms with E-state index in [0.29, 0.717) is 11.1 Å². The largest absolute Gasteiger partial charge is 0.469 e. The molecule has 2 aromatic heterocycles. The van der Waals surface area contributed by atoms with Gasteiger partial charge in [-0.15, -0.1) is 0 Å². The first-order chi connectivity index (χ1) is 16.3. The van der Waals surface area contributed by atoms with E-state index in [1.54, 1.807) is 24.3 Å². The lowest BCUT2D eigenvalue weighted by Gasteiger charge is -2.19. The van der Waals surface area contributed by atoms with Crippen molar-refractivity contribution >= 4 is 29.1 Å². The number of imidazole rings is 1. The van der Waals surface area contributed by atoms with E-state index in [1.807, 2.05) is 0 Å². The number of nitrogens with two attached hydrogens (primary N) is 1. The lowest BCUT2D eigenvalue weighted by Crippen LogP contribution is -2.34. The van der Waals surface area contributed by atoms with Crippen LogP contribution in [0.25, 0.3) is 11.2 Å². The quantitative estimate of drug-likeness (QED) is 0.515. The summed E-state index contributed by atoms with van der Waals surface area (Å²) in [4.78, 5) is 45.3. The Labute approximate surface area is 193 Å². The van der Waals surface area contributed by atoms with Crippen LogP contribution in [0.3, 0.4) is 0 Å². The second-order valence-electron chi connectivity index (χ2n) is 7.80. The molecule has 0 spiro atoms. The molecule has 12 nitrogen and oxygen atoms in total. The summed E-state index contributed by atoms with van der Waals surface area (Å²) in [5.74, 6) is -1.10. The highest BCUT2D eigenvalue weighted by Gasteiger charge is 2.42. The van der Waals surface area contributed by atoms with Crippen molar-refractivity contribution < 1.29 is 23.8 Å². The van der Waals surface area contributed by atoms with Gasteiger partial charge < -0.3 is 19.9 Å². The third-order valence-electron chi connectivity index (χ3n) is 5.49. The molecule has 1 aromatic carbocycles. The number of hydrogen-bond donors (Lipinski definition) is 1. The zero-order chi connectivity index (χ0) is 24.4. The molecule has 0 aliphatic carbocycles. The Kier molecular flexibility index (Phi) is 6.29. The fourth-order valence-electron chi connectivity index (χ4n) is 3.98. The van der Waals surface area contributed by atoms with Crippen LogP contribution in [0.2, 0.25) is 0 Å². The zero-order valence-corrected chi connectivity index (χ0v) is 18.5. The van der Waals surface area contributed by atoms with E-state index in [0.717, 1.165) is 5.56 Å². The smallest absolute Gasteiger partial charge is 0.332 e. The Morgan fingerprint density at radius 1 is 1.32 bits per heavy atom. The van der Waals surface area contributed by atoms with Crippen LogP contribution in [-0.2, 0) is 30.3 Å². The molecule has 4 rings (SSSR count). The topological polar surface area (TPSA) is 164 Å². The van der Waals surface area contributed by atoms with Gasteiger partial charge in [0.2, 0.25) is 5.95 Å². The molecule has 3 aromatic rings. The lowest BCUT2D eigenvalue weighted by molar-refractivity contribution is -0.153. The van der Waals surface area contributed by atoms with Gasteiger partial charge in [-0.3, -0.25) is 14.2 Å². The molecule has 0 radical (unpaired) electrons. The minimum Gasteiger partial charge on any atom is -0.469 e. The van der Waals surface area contributed by atoms with Crippen molar-refractivity contribution in [1.29, 1.82) is 5.26 Å². The minimum atomic E-state index is -1.04. The van der Waals surface area contributed by atoms with E-state index in [1.165, 1.54) is 29.4 Å². The first-order valence-corrected chi connectivity index (χ1v) is 10.4. The van der Waals surface area contributed by atoms with Gasteiger partial charge in [-0.05, 0) is 17.7 Å². The van der Waals surface area contributed by atoms with Crippen LogP contribution in [-0.4, -0.2) is 50.4 Å². The zero-order valence-electron chi connectivity index (χ0n) is 18.5. The number of anilines is 1. The molecule has 0 unspecified atom stereocenters. The van der Waals surface area contributed by atoms with Crippen LogP contribution in [0.15, 0.2) is 35.3 Å². The summed E-state index contributed by atoms with van der Waals surface area (Å²) in [6.45, 7) is 1.42. The standard InChI is InChI=1S/C22H22N6O6/c1-12(29)33-17-7-15(8-18(30)32-2)34-20(17)28-19-16(10-25-21(24)26-19)27(22(28)31)11-14-5-3-13(9-23)4-6-14/h3-6,10,15,17,20H,7-8,11H2,1-2H3,(H2,24,25,26)/t15-,17+,20+/m0/s1. The van der Waals surface area contributed by atoms with Crippen molar-refractivity contribution in [3.63, 3.8) is 0 Å². The van der Waals surface area contributed by atoms with Gasteiger partial charge in [0.15, 0.2) is 11.9 Å². The highest BCUT2D eigenvalue weighted by molar-refractivity contribution is 5.72. The fraction of sp³-hybridized carbons (Fsp3) is 0.364. The van der Waals surface area contributed by atoms with Crippen molar-refractivity contribution in [3.8, 4) is 6.07 Å². The van der Waals surface area contributed by atoms with Crippen molar-refractivity contribution in [3.05, 3.63) is 52.1 Å². The first-order valence-electron chi connectivity index (χ1n) is 10.4. The molecular formula is C22H22N6O6. The maximum Gasteiger partial charge on any atom is 0.332 e. The van der Waals surface area contributed by atoms with Gasteiger partial charge in [-0.2, -0.15) is 10.2 Å². The summed E-state index contributed by atoms with van der Waals surface area (Å²) in [5.41, 5.74) is 7.17. The summed E-state index contributed by atoms with van der Waals surface area (Å²) < 4.78 is 18.8. The van der Waals surface area contributed by atoms with E-state index in [9.17, 15) is 14.4 Å². The van der Waals surface area contributed by atoms with Gasteiger partial charge >= 0.3 is 17.6 Å². The Bertz CT molecular complexity index is 1340. The lowest BCUT2D eigenvalue weighted by atomic mass is 10.1. The molecule has 1 aliphatic rings. The Morgan fingerprint density at radius 3 is 2.71 bits per heavy atom. The molecule has 2 N–H and O–H groups in total. The number of aromatic nitrogens is 4. The van der Waals surface area contributed by atoms with Crippen molar-refractivity contribution in [1.82, 2.24) is 19.1 Å². The van der Waals surface area contributed by atoms with Gasteiger partial charge in [-0.1, -0.05) is 12.1 Å². The second-order valence-corrected chi connectivity index (χ2v) is 7.80. The molecule has 0 saturated carbocycles. The third-order valence-corrected chi connectivity index (χ3v) is 5.49. The van der Waals surface area contributed by atoms with Crippen LogP contribution < -0.4 is 11.4 Å². The molecule has 0 amide bonds. The number of fused-ring (bicyclic) bond motifs is 1. The Hall–Kier alpha value is -4.24. The monoisotopic (exact) mass is 466 g/mol. The molecule has 3 heterocycles. The molecule has 34 heavy (non-hydrogen) atoms. The van der Waals surface area contributed by atoms with E-state index < -0.39 is 36.1 Å². The summed E-state index contributed by atoms with van der Waals surface area (Å²) >= 11 is 0. The SMILES string of the molecule is COC(=O)C[C@@H]1C[C@@H](OC(C)=O)[C@H](n2c(=O)n(Cc3ccc(C#N)cc3)c3cnc(N)nc32)O1. The maximum absolute atomic E-state index is 13.6. The van der Waals surface area contributed by atoms with Crippen LogP contribution in [0.4, 0.5) is 5.95 Å². The maximum atomic E-state index is 13.6. The number of nitriles is 1. The average Bonchev–Trinajstić information content (AvgIpc) is 3.30. The van der Waals surface area contributed by atoms with Crippen molar-refractivity contribution in [2.75, 3.05) is 12.8 Å². The molecular weight excluding hydrogens is 444 g/mol. The summed E-state index contributed by atoms with van der Waals surface area (Å²) in [6, 6.07) is 8.85. The highest BCUT2D eigenvalue weighted by Crippen LogP contribution is 2.34. The van der Waals surface area contributed by atoms with Gasteiger partial charge in [0, 0.05) is 13.3 Å². The number of benzene rings is 1. The van der Waals surface area contributed by atoms with Crippen LogP contribution in [0.5, 0.6) is 0 Å². The van der Waals surface area contributed by atoms with E-state index >= 15 is 0 Å². The number of carbonyl (C=O) groups is 2. The first kappa shape index (κ1) is 22.9. The van der Waals surface area contributed by atoms with Crippen LogP contribution in [0, 0.1) is 11.3 Å². The number of carbonyl (C=O) groups excluding carboxylic acids is 2. The predicted octanol–water partition coefficient (Wildman–Crippen LogP) is 0.877. The molecule has 0 bridgehead atoms. The third kappa shape index (κ3) is 4.46. The van der Waals surface area contributed by atoms with E-state index in [-0.39, 0.29) is 31.0 Å². The number of nitrogen functional groups attached to an aromatic ring is 1. The summed E-state index contributed by atoms with van der Waals surface area (Å²) in [7, 11) is 1.26. The van der Waals surface area contributed by atoms with Crippen LogP contribution in [0.1, 0.15) is 37.1 Å². The fourth-order valence-corrected chi connectivity index (χ4v) is 3.98. The molecule has 1 fully saturated rings. The number of esters is 2. The minimum absolute atomic E-state index is 0.0510. The number of nitrogens with zero attached hydrogens (tertiary/aromatic N) is 5. The van der Waals surface area contributed by atoms with Gasteiger partial charge in [0.1, 0.15) is 11.6 Å². The number of rotatable bonds is 6. The molecule has 3 atom stereocenters. The van der Waals surface area contributed by atoms with Crippen LogP contribution >= 0.6 is 0 Å². The van der Waals surface area contributed by atoms with Gasteiger partial charge in [0.05, 0.1) is 44.0 Å². The highest BCUT2D eigenvalue weighted by atomic mass is 16.6. The molecule has 12 heteroatoms. The Balaban J connectivity index is 1.79. The summed E-state index contributed by atoms with van der Waals surface area (Å²) in [6.07, 6.45) is -0.958. The van der Waals surface area contributed by atoms with Gasteiger partial charge in [0.25, 0.3) is 0 Å². The Morgan fingerprint density at radius 2 is 2.06 bits per heavy atom. The number of methoxy groups -OCH3 is 1. The van der Waals surface area contributed by atoms with Crippen molar-refractivity contribution in [2.45, 2.75) is 44.7 Å². The second kappa shape index (κ2) is 9.32. The van der Waals surface area contributed by atoms with E-state index in [4.69, 9.17) is 25.2 Å². The van der Waals surface area contributed by atoms with Gasteiger partial charge in [-0.25, -0.2) is 14.3 Å². The number of hydrogen-bond acceptors (Lipinski definition) is 10. The summed E-state index contributed by atoms with van der Waals surface area (Å²) in [5, 5.41) is 9.02. The normalized spacial score (nSPS) is 19.6.